The van der Waals surface area contributed by atoms with Gasteiger partial charge in [-0.05, 0) is 20.8 Å². The van der Waals surface area contributed by atoms with Crippen LogP contribution < -0.4 is 11.1 Å². The van der Waals surface area contributed by atoms with Gasteiger partial charge in [-0.15, -0.1) is 0 Å². The van der Waals surface area contributed by atoms with Crippen LogP contribution in [0.3, 0.4) is 0 Å². The first-order valence-corrected chi connectivity index (χ1v) is 5.73. The highest BCUT2D eigenvalue weighted by Gasteiger charge is 2.20. The second-order valence-electron chi connectivity index (χ2n) is 4.53. The summed E-state index contributed by atoms with van der Waals surface area (Å²) in [6, 6.07) is 1.08. The lowest BCUT2D eigenvalue weighted by molar-refractivity contribution is -0.384. The van der Waals surface area contributed by atoms with E-state index in [2.05, 4.69) is 5.32 Å². The van der Waals surface area contributed by atoms with Gasteiger partial charge in [-0.3, -0.25) is 14.9 Å². The molecule has 0 aromatic carbocycles. The zero-order valence-electron chi connectivity index (χ0n) is 10.7. The van der Waals surface area contributed by atoms with Gasteiger partial charge in [-0.2, -0.15) is 0 Å². The minimum atomic E-state index is -0.513. The van der Waals surface area contributed by atoms with Crippen LogP contribution in [0.25, 0.3) is 0 Å². The molecule has 1 rings (SSSR count). The first-order valence-electron chi connectivity index (χ1n) is 5.73. The largest absolute Gasteiger partial charge is 0.349 e. The fraction of sp³-hybridized carbons (Fsp3) is 0.545. The molecule has 100 valence electrons. The van der Waals surface area contributed by atoms with Crippen molar-refractivity contribution in [2.75, 3.05) is 6.54 Å². The van der Waals surface area contributed by atoms with Crippen molar-refractivity contribution in [1.82, 2.24) is 9.88 Å². The molecule has 7 heteroatoms. The number of rotatable bonds is 5. The Kier molecular flexibility index (Phi) is 4.43. The molecule has 0 aliphatic heterocycles. The van der Waals surface area contributed by atoms with Gasteiger partial charge in [-0.25, -0.2) is 0 Å². The van der Waals surface area contributed by atoms with E-state index in [1.165, 1.54) is 12.3 Å². The molecule has 0 radical (unpaired) electrons. The summed E-state index contributed by atoms with van der Waals surface area (Å²) in [5, 5.41) is 13.4. The quantitative estimate of drug-likeness (QED) is 0.605. The van der Waals surface area contributed by atoms with Crippen molar-refractivity contribution < 1.29 is 9.72 Å². The molecule has 0 saturated carbocycles. The Hall–Kier alpha value is -1.89. The molecule has 0 fully saturated rings. The lowest BCUT2D eigenvalue weighted by atomic mass is 10.3. The minimum absolute atomic E-state index is 0.0326. The van der Waals surface area contributed by atoms with Crippen LogP contribution in [0.4, 0.5) is 5.69 Å². The maximum atomic E-state index is 11.9. The van der Waals surface area contributed by atoms with E-state index >= 15 is 0 Å². The van der Waals surface area contributed by atoms with Crippen molar-refractivity contribution in [1.29, 1.82) is 0 Å². The minimum Gasteiger partial charge on any atom is -0.349 e. The number of hydrogen-bond acceptors (Lipinski definition) is 4. The Bertz CT molecular complexity index is 451. The van der Waals surface area contributed by atoms with Crippen LogP contribution in [0.1, 0.15) is 37.3 Å². The van der Waals surface area contributed by atoms with Crippen molar-refractivity contribution in [3.8, 4) is 0 Å². The lowest BCUT2D eigenvalue weighted by Crippen LogP contribution is -2.36. The van der Waals surface area contributed by atoms with Gasteiger partial charge >= 0.3 is 0 Å². The van der Waals surface area contributed by atoms with Crippen LogP contribution in [-0.2, 0) is 0 Å². The molecular weight excluding hydrogens is 236 g/mol. The first kappa shape index (κ1) is 14.2. The molecule has 3 N–H and O–H groups in total. The second kappa shape index (κ2) is 5.63. The number of carbonyl (C=O) groups is 1. The highest BCUT2D eigenvalue weighted by molar-refractivity contribution is 5.93. The van der Waals surface area contributed by atoms with Gasteiger partial charge in [0, 0.05) is 24.7 Å². The molecule has 0 saturated heterocycles. The number of carbonyl (C=O) groups excluding carboxylic acids is 1. The number of nitrogens with one attached hydrogen (secondary N) is 1. The van der Waals surface area contributed by atoms with E-state index in [-0.39, 0.29) is 29.4 Å². The summed E-state index contributed by atoms with van der Waals surface area (Å²) in [7, 11) is 0. The molecule has 1 heterocycles. The number of aromatic nitrogens is 1. The molecule has 1 aromatic heterocycles. The van der Waals surface area contributed by atoms with Gasteiger partial charge in [-0.1, -0.05) is 0 Å². The van der Waals surface area contributed by atoms with Crippen molar-refractivity contribution in [3.05, 3.63) is 28.1 Å². The number of amides is 1. The standard InChI is InChI=1S/C11H18N4O3/c1-7(2)14-6-9(15(17)18)4-10(14)11(16)13-5-8(3)12/h4,6-8H,5,12H2,1-3H3,(H,13,16). The summed E-state index contributed by atoms with van der Waals surface area (Å²) in [6.45, 7) is 5.80. The number of nitrogens with zero attached hydrogens (tertiary/aromatic N) is 2. The summed E-state index contributed by atoms with van der Waals surface area (Å²) < 4.78 is 1.58. The van der Waals surface area contributed by atoms with Gasteiger partial charge < -0.3 is 15.6 Å². The fourth-order valence-corrected chi connectivity index (χ4v) is 1.52. The van der Waals surface area contributed by atoms with E-state index < -0.39 is 4.92 Å². The smallest absolute Gasteiger partial charge is 0.287 e. The molecule has 0 aliphatic rings. The van der Waals surface area contributed by atoms with Crippen LogP contribution in [0.2, 0.25) is 0 Å². The zero-order chi connectivity index (χ0) is 13.9. The molecule has 0 spiro atoms. The van der Waals surface area contributed by atoms with Gasteiger partial charge in [0.05, 0.1) is 11.1 Å². The number of nitro groups is 1. The molecule has 0 aliphatic carbocycles. The van der Waals surface area contributed by atoms with Crippen molar-refractivity contribution in [3.63, 3.8) is 0 Å². The summed E-state index contributed by atoms with van der Waals surface area (Å²) in [5.74, 6) is -0.353. The third-order valence-electron chi connectivity index (χ3n) is 2.42. The molecule has 1 unspecified atom stereocenters. The van der Waals surface area contributed by atoms with Crippen molar-refractivity contribution >= 4 is 11.6 Å². The number of nitrogens with two attached hydrogens (primary N) is 1. The molecule has 1 aromatic rings. The van der Waals surface area contributed by atoms with Crippen LogP contribution in [0.5, 0.6) is 0 Å². The van der Waals surface area contributed by atoms with Gasteiger partial charge in [0.2, 0.25) is 0 Å². The van der Waals surface area contributed by atoms with E-state index in [4.69, 9.17) is 5.73 Å². The summed E-state index contributed by atoms with van der Waals surface area (Å²) in [6.07, 6.45) is 1.37. The molecule has 18 heavy (non-hydrogen) atoms. The van der Waals surface area contributed by atoms with Gasteiger partial charge in [0.15, 0.2) is 0 Å². The Balaban J connectivity index is 2.98. The predicted octanol–water partition coefficient (Wildman–Crippen LogP) is 1.05. The first-order chi connectivity index (χ1) is 8.32. The van der Waals surface area contributed by atoms with Crippen LogP contribution in [0, 0.1) is 10.1 Å². The third-order valence-corrected chi connectivity index (χ3v) is 2.42. The van der Waals surface area contributed by atoms with E-state index in [0.717, 1.165) is 0 Å². The lowest BCUT2D eigenvalue weighted by Gasteiger charge is -2.12. The Morgan fingerprint density at radius 3 is 2.61 bits per heavy atom. The number of hydrogen-bond donors (Lipinski definition) is 2. The maximum absolute atomic E-state index is 11.9. The molecule has 1 atom stereocenters. The Morgan fingerprint density at radius 2 is 2.17 bits per heavy atom. The second-order valence-corrected chi connectivity index (χ2v) is 4.53. The Labute approximate surface area is 105 Å². The monoisotopic (exact) mass is 254 g/mol. The molecule has 7 nitrogen and oxygen atoms in total. The average Bonchev–Trinajstić information content (AvgIpc) is 2.70. The topological polar surface area (TPSA) is 103 Å². The normalized spacial score (nSPS) is 12.5. The van der Waals surface area contributed by atoms with E-state index in [1.807, 2.05) is 13.8 Å². The van der Waals surface area contributed by atoms with E-state index in [1.54, 1.807) is 11.5 Å². The van der Waals surface area contributed by atoms with Crippen LogP contribution >= 0.6 is 0 Å². The third kappa shape index (κ3) is 3.30. The predicted molar refractivity (Wildman–Crippen MR) is 67.5 cm³/mol. The maximum Gasteiger partial charge on any atom is 0.287 e. The zero-order valence-corrected chi connectivity index (χ0v) is 10.7. The van der Waals surface area contributed by atoms with E-state index in [0.29, 0.717) is 6.54 Å². The Morgan fingerprint density at radius 1 is 1.56 bits per heavy atom. The van der Waals surface area contributed by atoms with Gasteiger partial charge in [0.25, 0.3) is 11.6 Å². The van der Waals surface area contributed by atoms with E-state index in [9.17, 15) is 14.9 Å². The summed E-state index contributed by atoms with van der Waals surface area (Å²) in [5.41, 5.74) is 5.73. The molecule has 1 amide bonds. The van der Waals surface area contributed by atoms with Crippen molar-refractivity contribution in [2.45, 2.75) is 32.9 Å². The highest BCUT2D eigenvalue weighted by atomic mass is 16.6. The fourth-order valence-electron chi connectivity index (χ4n) is 1.52. The summed E-state index contributed by atoms with van der Waals surface area (Å²) >= 11 is 0. The molecular formula is C11H18N4O3. The van der Waals surface area contributed by atoms with Crippen LogP contribution in [-0.4, -0.2) is 28.0 Å². The summed E-state index contributed by atoms with van der Waals surface area (Å²) in [4.78, 5) is 22.1. The SMILES string of the molecule is CC(N)CNC(=O)c1cc([N+](=O)[O-])cn1C(C)C. The van der Waals surface area contributed by atoms with Crippen molar-refractivity contribution in [2.24, 2.45) is 5.73 Å². The highest BCUT2D eigenvalue weighted by Crippen LogP contribution is 2.20. The average molecular weight is 254 g/mol. The van der Waals surface area contributed by atoms with Gasteiger partial charge in [0.1, 0.15) is 5.69 Å². The molecule has 0 bridgehead atoms. The van der Waals surface area contributed by atoms with Crippen LogP contribution in [0.15, 0.2) is 12.3 Å².